The van der Waals surface area contributed by atoms with Gasteiger partial charge in [-0.3, -0.25) is 14.5 Å². The summed E-state index contributed by atoms with van der Waals surface area (Å²) in [5, 5.41) is 0. The molecule has 36 heavy (non-hydrogen) atoms. The fraction of sp³-hybridized carbons (Fsp3) is 0.655. The molecule has 3 aliphatic rings. The predicted molar refractivity (Wildman–Crippen MR) is 145 cm³/mol. The minimum Gasteiger partial charge on any atom is -0.379 e. The number of hydrogen-bond acceptors (Lipinski definition) is 5. The predicted octanol–water partition coefficient (Wildman–Crippen LogP) is 4.94. The summed E-state index contributed by atoms with van der Waals surface area (Å²) in [4.78, 5) is 36.5. The molecule has 6 nitrogen and oxygen atoms in total. The largest absolute Gasteiger partial charge is 0.379 e. The van der Waals surface area contributed by atoms with Crippen molar-refractivity contribution in [1.29, 1.82) is 0 Å². The fourth-order valence-corrected chi connectivity index (χ4v) is 8.18. The van der Waals surface area contributed by atoms with E-state index in [1.54, 1.807) is 0 Å². The zero-order valence-electron chi connectivity index (χ0n) is 22.5. The number of aromatic amines is 1. The lowest BCUT2D eigenvalue weighted by Crippen LogP contribution is -2.56. The molecule has 7 heteroatoms. The maximum Gasteiger partial charge on any atom is 0.255 e. The van der Waals surface area contributed by atoms with Crippen molar-refractivity contribution < 1.29 is 9.53 Å². The summed E-state index contributed by atoms with van der Waals surface area (Å²) in [7, 11) is 1.82. The van der Waals surface area contributed by atoms with Gasteiger partial charge in [-0.2, -0.15) is 0 Å². The number of likely N-dealkylation sites (tertiary alicyclic amines) is 1. The van der Waals surface area contributed by atoms with Crippen molar-refractivity contribution in [1.82, 2.24) is 14.8 Å². The molecule has 5 rings (SSSR count). The van der Waals surface area contributed by atoms with E-state index >= 15 is 0 Å². The van der Waals surface area contributed by atoms with Crippen LogP contribution < -0.4 is 5.56 Å². The van der Waals surface area contributed by atoms with Gasteiger partial charge in [-0.25, -0.2) is 0 Å². The lowest BCUT2D eigenvalue weighted by atomic mass is 9.76. The van der Waals surface area contributed by atoms with E-state index in [9.17, 15) is 9.59 Å². The monoisotopic (exact) mass is 511 g/mol. The molecule has 1 unspecified atom stereocenters. The minimum absolute atomic E-state index is 0.0762. The van der Waals surface area contributed by atoms with Crippen LogP contribution in [0.5, 0.6) is 0 Å². The number of nitrogens with zero attached hydrogens (tertiary/aromatic N) is 2. The van der Waals surface area contributed by atoms with Crippen LogP contribution in [0.2, 0.25) is 0 Å². The molecular weight excluding hydrogens is 470 g/mol. The Balaban J connectivity index is 1.29. The van der Waals surface area contributed by atoms with Gasteiger partial charge in [0.15, 0.2) is 0 Å². The second-order valence-electron chi connectivity index (χ2n) is 11.3. The highest BCUT2D eigenvalue weighted by molar-refractivity contribution is 7.12. The number of aryl methyl sites for hydroxylation is 3. The number of fused-ring (bicyclic) bond motifs is 1. The van der Waals surface area contributed by atoms with Crippen LogP contribution in [-0.2, 0) is 17.7 Å². The number of hydrogen-bond donors (Lipinski definition) is 1. The van der Waals surface area contributed by atoms with Gasteiger partial charge in [0.2, 0.25) is 0 Å². The summed E-state index contributed by atoms with van der Waals surface area (Å²) in [5.41, 5.74) is 4.54. The van der Waals surface area contributed by atoms with E-state index in [1.165, 1.54) is 41.0 Å². The molecule has 2 aromatic heterocycles. The molecule has 1 amide bonds. The van der Waals surface area contributed by atoms with Crippen molar-refractivity contribution in [2.75, 3.05) is 26.7 Å². The average Bonchev–Trinajstić information content (AvgIpc) is 3.06. The van der Waals surface area contributed by atoms with Crippen LogP contribution in [0.4, 0.5) is 0 Å². The average molecular weight is 512 g/mol. The standard InChI is InChI=1S/C29H41N3O3S/c1-17-13-18(2)30-28(33)24(17)16-31-12-6-7-25-26(29(31)34)20(4)27(36-25)19(3)21-8-10-22(11-9-21)32-14-23(15-32)35-5/h13,19,21-23H,6-12,14-16H2,1-5H3,(H,30,33)/t19?,21-,22-. The molecular formula is C29H41N3O3S. The molecule has 1 N–H and O–H groups in total. The number of nitrogens with one attached hydrogen (secondary N) is 1. The number of carbonyl (C=O) groups is 1. The molecule has 196 valence electrons. The quantitative estimate of drug-likeness (QED) is 0.596. The highest BCUT2D eigenvalue weighted by Crippen LogP contribution is 2.44. The maximum atomic E-state index is 13.8. The molecule has 4 heterocycles. The summed E-state index contributed by atoms with van der Waals surface area (Å²) in [5.74, 6) is 1.26. The molecule has 0 spiro atoms. The van der Waals surface area contributed by atoms with E-state index in [-0.39, 0.29) is 11.5 Å². The van der Waals surface area contributed by atoms with E-state index < -0.39 is 0 Å². The summed E-state index contributed by atoms with van der Waals surface area (Å²) in [6.45, 7) is 11.6. The zero-order valence-corrected chi connectivity index (χ0v) is 23.3. The Labute approximate surface area is 219 Å². The van der Waals surface area contributed by atoms with Gasteiger partial charge >= 0.3 is 0 Å². The molecule has 1 saturated heterocycles. The molecule has 0 radical (unpaired) electrons. The Morgan fingerprint density at radius 1 is 1.14 bits per heavy atom. The zero-order chi connectivity index (χ0) is 25.6. The number of ether oxygens (including phenoxy) is 1. The number of rotatable bonds is 6. The first kappa shape index (κ1) is 25.7. The Morgan fingerprint density at radius 3 is 2.53 bits per heavy atom. The van der Waals surface area contributed by atoms with Crippen LogP contribution in [0, 0.1) is 26.7 Å². The molecule has 2 fully saturated rings. The third-order valence-electron chi connectivity index (χ3n) is 9.02. The molecule has 1 aliphatic carbocycles. The number of pyridine rings is 1. The molecule has 2 aromatic rings. The van der Waals surface area contributed by atoms with Crippen LogP contribution in [0.1, 0.15) is 87.4 Å². The fourth-order valence-electron chi connectivity index (χ4n) is 6.69. The number of thiophene rings is 1. The Hall–Kier alpha value is -1.96. The Bertz CT molecular complexity index is 1170. The number of aromatic nitrogens is 1. The SMILES string of the molecule is COC1CN([C@H]2CC[C@H](C(C)c3sc4c(c3C)C(=O)N(Cc3c(C)cc(C)[nH]c3=O)CCC4)CC2)C1. The lowest BCUT2D eigenvalue weighted by molar-refractivity contribution is -0.0600. The first-order valence-electron chi connectivity index (χ1n) is 13.6. The number of carbonyl (C=O) groups excluding carboxylic acids is 1. The highest BCUT2D eigenvalue weighted by atomic mass is 32.1. The van der Waals surface area contributed by atoms with Crippen LogP contribution in [0.3, 0.4) is 0 Å². The molecule has 1 atom stereocenters. The van der Waals surface area contributed by atoms with Gasteiger partial charge in [-0.05, 0) is 88.3 Å². The molecule has 1 saturated carbocycles. The van der Waals surface area contributed by atoms with E-state index in [0.717, 1.165) is 42.8 Å². The van der Waals surface area contributed by atoms with Gasteiger partial charge in [0.05, 0.1) is 18.2 Å². The van der Waals surface area contributed by atoms with Crippen LogP contribution in [0.15, 0.2) is 10.9 Å². The molecule has 2 aliphatic heterocycles. The third-order valence-corrected chi connectivity index (χ3v) is 10.6. The maximum absolute atomic E-state index is 13.8. The van der Waals surface area contributed by atoms with E-state index in [1.807, 2.05) is 43.3 Å². The lowest BCUT2D eigenvalue weighted by Gasteiger charge is -2.46. The van der Waals surface area contributed by atoms with E-state index in [0.29, 0.717) is 42.6 Å². The second kappa shape index (κ2) is 10.4. The summed E-state index contributed by atoms with van der Waals surface area (Å²) < 4.78 is 5.46. The van der Waals surface area contributed by atoms with Gasteiger partial charge in [-0.1, -0.05) is 6.92 Å². The minimum atomic E-state index is -0.0762. The van der Waals surface area contributed by atoms with E-state index in [2.05, 4.69) is 23.7 Å². The van der Waals surface area contributed by atoms with Crippen LogP contribution in [0.25, 0.3) is 0 Å². The van der Waals surface area contributed by atoms with Crippen molar-refractivity contribution in [3.63, 3.8) is 0 Å². The van der Waals surface area contributed by atoms with Crippen molar-refractivity contribution in [2.24, 2.45) is 5.92 Å². The molecule has 0 bridgehead atoms. The summed E-state index contributed by atoms with van der Waals surface area (Å²) in [6.07, 6.45) is 7.38. The second-order valence-corrected chi connectivity index (χ2v) is 12.5. The summed E-state index contributed by atoms with van der Waals surface area (Å²) in [6, 6.07) is 2.71. The topological polar surface area (TPSA) is 65.6 Å². The number of methoxy groups -OCH3 is 1. The number of H-pyrrole nitrogens is 1. The number of amides is 1. The van der Waals surface area contributed by atoms with Gasteiger partial charge in [0, 0.05) is 53.8 Å². The van der Waals surface area contributed by atoms with Crippen LogP contribution in [-0.4, -0.2) is 59.6 Å². The first-order valence-corrected chi connectivity index (χ1v) is 14.5. The Morgan fingerprint density at radius 2 is 1.86 bits per heavy atom. The summed E-state index contributed by atoms with van der Waals surface area (Å²) >= 11 is 1.88. The smallest absolute Gasteiger partial charge is 0.255 e. The van der Waals surface area contributed by atoms with E-state index in [4.69, 9.17) is 4.74 Å². The van der Waals surface area contributed by atoms with Gasteiger partial charge in [0.1, 0.15) is 0 Å². The molecule has 0 aromatic carbocycles. The van der Waals surface area contributed by atoms with Crippen molar-refractivity contribution in [3.05, 3.63) is 54.1 Å². The van der Waals surface area contributed by atoms with Gasteiger partial charge < -0.3 is 14.6 Å². The highest BCUT2D eigenvalue weighted by Gasteiger charge is 2.37. The van der Waals surface area contributed by atoms with Crippen LogP contribution >= 0.6 is 11.3 Å². The van der Waals surface area contributed by atoms with Crippen molar-refractivity contribution in [2.45, 2.75) is 90.8 Å². The van der Waals surface area contributed by atoms with Crippen molar-refractivity contribution in [3.8, 4) is 0 Å². The third kappa shape index (κ3) is 4.82. The van der Waals surface area contributed by atoms with Crippen molar-refractivity contribution >= 4 is 17.2 Å². The normalized spacial score (nSPS) is 24.4. The van der Waals surface area contributed by atoms with Gasteiger partial charge in [0.25, 0.3) is 11.5 Å². The Kier molecular flexibility index (Phi) is 7.44. The first-order chi connectivity index (χ1) is 17.3. The van der Waals surface area contributed by atoms with Gasteiger partial charge in [-0.15, -0.1) is 11.3 Å².